The summed E-state index contributed by atoms with van der Waals surface area (Å²) < 4.78 is 15.7. The summed E-state index contributed by atoms with van der Waals surface area (Å²) in [6, 6.07) is 0. The molecule has 8 nitrogen and oxygen atoms in total. The maximum Gasteiger partial charge on any atom is 0.333 e. The third-order valence-corrected chi connectivity index (χ3v) is 6.17. The van der Waals surface area contributed by atoms with E-state index in [4.69, 9.17) is 0 Å². The molecule has 0 N–H and O–H groups in total. The van der Waals surface area contributed by atoms with Gasteiger partial charge in [0.2, 0.25) is 6.84 Å². The van der Waals surface area contributed by atoms with Gasteiger partial charge in [-0.3, -0.25) is 0 Å². The minimum absolute atomic E-state index is 0.141. The van der Waals surface area contributed by atoms with E-state index >= 15 is 0 Å². The molecule has 0 amide bonds. The van der Waals surface area contributed by atoms with E-state index in [-0.39, 0.29) is 12.8 Å². The van der Waals surface area contributed by atoms with E-state index in [1.54, 1.807) is 45.2 Å². The third kappa shape index (κ3) is 5.43. The van der Waals surface area contributed by atoms with Crippen molar-refractivity contribution in [3.05, 3.63) is 0 Å². The quantitative estimate of drug-likeness (QED) is 0.103. The molecule has 0 aromatic rings. The molecule has 0 bridgehead atoms. The Hall–Kier alpha value is -0.660. The Morgan fingerprint density at radius 2 is 0.833 bits per heavy atom. The molecule has 0 heterocycles. The summed E-state index contributed by atoms with van der Waals surface area (Å²) >= 11 is 3.39. The van der Waals surface area contributed by atoms with Gasteiger partial charge in [-0.25, -0.2) is 19.2 Å². The largest absolute Gasteiger partial charge is 0.468 e. The van der Waals surface area contributed by atoms with Gasteiger partial charge >= 0.3 is 23.9 Å². The summed E-state index contributed by atoms with van der Waals surface area (Å²) in [7, 11) is 4.73. The van der Waals surface area contributed by atoms with Crippen LogP contribution in [-0.4, -0.2) is 59.2 Å². The van der Waals surface area contributed by atoms with Gasteiger partial charge in [0.05, 0.1) is 28.4 Å². The lowest BCUT2D eigenvalue weighted by atomic mass is 9.97. The van der Waals surface area contributed by atoms with Crippen LogP contribution in [0.5, 0.6) is 0 Å². The molecule has 0 aliphatic heterocycles. The normalized spacial score (nSPS) is 11.4. The van der Waals surface area contributed by atoms with E-state index in [2.05, 4.69) is 18.9 Å². The van der Waals surface area contributed by atoms with Crippen molar-refractivity contribution < 1.29 is 38.1 Å². The first-order chi connectivity index (χ1) is 11.1. The average Bonchev–Trinajstić information content (AvgIpc) is 2.61. The molecule has 0 atom stereocenters. The molecule has 0 fully saturated rings. The Morgan fingerprint density at radius 3 is 1.00 bits per heavy atom. The molecular formula is C14H20I2O8. The molecule has 10 heteroatoms. The summed E-state index contributed by atoms with van der Waals surface area (Å²) in [5.74, 6) is -2.85. The Kier molecular flexibility index (Phi) is 10.1. The SMILES string of the molecule is COC(=O)C(I)(CCCCC(I)(C(=O)OC)C(=O)OC)C(=O)OC. The second-order valence-electron chi connectivity index (χ2n) is 4.78. The summed E-state index contributed by atoms with van der Waals surface area (Å²) in [5, 5.41) is 0. The predicted molar refractivity (Wildman–Crippen MR) is 100 cm³/mol. The Balaban J connectivity index is 4.94. The third-order valence-electron chi connectivity index (χ3n) is 3.33. The number of esters is 4. The monoisotopic (exact) mass is 570 g/mol. The van der Waals surface area contributed by atoms with Crippen molar-refractivity contribution in [2.75, 3.05) is 28.4 Å². The molecule has 24 heavy (non-hydrogen) atoms. The molecule has 0 saturated heterocycles. The second kappa shape index (κ2) is 10.4. The molecular weight excluding hydrogens is 550 g/mol. The standard InChI is InChI=1S/C14H20I2O8/c1-21-9(17)13(15,10(18)22-2)7-5-6-8-14(16,11(19)23-3)12(20)24-4/h5-8H2,1-4H3. The van der Waals surface area contributed by atoms with Crippen LogP contribution in [0.15, 0.2) is 0 Å². The smallest absolute Gasteiger partial charge is 0.333 e. The van der Waals surface area contributed by atoms with Crippen molar-refractivity contribution in [1.29, 1.82) is 0 Å². The molecule has 0 spiro atoms. The van der Waals surface area contributed by atoms with Crippen molar-refractivity contribution >= 4 is 69.1 Å². The number of methoxy groups -OCH3 is 4. The number of carbonyl (C=O) groups is 4. The Labute approximate surface area is 167 Å². The Morgan fingerprint density at radius 1 is 0.625 bits per heavy atom. The maximum absolute atomic E-state index is 11.9. The van der Waals surface area contributed by atoms with Gasteiger partial charge in [-0.1, -0.05) is 58.0 Å². The molecule has 0 radical (unpaired) electrons. The molecule has 0 unspecified atom stereocenters. The molecule has 0 aliphatic rings. The van der Waals surface area contributed by atoms with Crippen LogP contribution in [0, 0.1) is 0 Å². The van der Waals surface area contributed by atoms with Crippen molar-refractivity contribution in [2.45, 2.75) is 32.5 Å². The maximum atomic E-state index is 11.9. The van der Waals surface area contributed by atoms with Crippen LogP contribution in [0.4, 0.5) is 0 Å². The zero-order chi connectivity index (χ0) is 19.0. The highest BCUT2D eigenvalue weighted by atomic mass is 127. The Bertz CT molecular complexity index is 415. The van der Waals surface area contributed by atoms with Crippen LogP contribution < -0.4 is 0 Å². The highest BCUT2D eigenvalue weighted by molar-refractivity contribution is 14.1. The topological polar surface area (TPSA) is 105 Å². The summed E-state index contributed by atoms with van der Waals surface area (Å²) in [6.45, 7) is 0. The number of alkyl halides is 2. The molecule has 0 aliphatic carbocycles. The van der Waals surface area contributed by atoms with Crippen molar-refractivity contribution in [2.24, 2.45) is 0 Å². The second-order valence-corrected chi connectivity index (χ2v) is 8.46. The number of unbranched alkanes of at least 4 members (excludes halogenated alkanes) is 1. The highest BCUT2D eigenvalue weighted by Crippen LogP contribution is 2.33. The van der Waals surface area contributed by atoms with Gasteiger partial charge in [0.15, 0.2) is 0 Å². The van der Waals surface area contributed by atoms with Gasteiger partial charge in [-0.15, -0.1) is 0 Å². The minimum atomic E-state index is -1.47. The summed E-state index contributed by atoms with van der Waals surface area (Å²) in [4.78, 5) is 47.4. The van der Waals surface area contributed by atoms with E-state index in [1.165, 1.54) is 28.4 Å². The lowest BCUT2D eigenvalue weighted by molar-refractivity contribution is -0.157. The lowest BCUT2D eigenvalue weighted by Crippen LogP contribution is -2.43. The van der Waals surface area contributed by atoms with E-state index in [0.29, 0.717) is 12.8 Å². The first-order valence-electron chi connectivity index (χ1n) is 6.85. The number of hydrogen-bond acceptors (Lipinski definition) is 8. The van der Waals surface area contributed by atoms with Crippen LogP contribution in [-0.2, 0) is 38.1 Å². The highest BCUT2D eigenvalue weighted by Gasteiger charge is 2.47. The summed E-state index contributed by atoms with van der Waals surface area (Å²) in [6.07, 6.45) is 1.04. The van der Waals surface area contributed by atoms with Crippen molar-refractivity contribution in [3.63, 3.8) is 0 Å². The fourth-order valence-corrected chi connectivity index (χ4v) is 3.60. The first kappa shape index (κ1) is 23.3. The zero-order valence-electron chi connectivity index (χ0n) is 13.9. The molecule has 0 aromatic carbocycles. The average molecular weight is 570 g/mol. The first-order valence-corrected chi connectivity index (χ1v) is 9.01. The van der Waals surface area contributed by atoms with Gasteiger partial charge < -0.3 is 18.9 Å². The number of hydrogen-bond donors (Lipinski definition) is 0. The minimum Gasteiger partial charge on any atom is -0.468 e. The van der Waals surface area contributed by atoms with E-state index in [0.717, 1.165) is 0 Å². The molecule has 138 valence electrons. The van der Waals surface area contributed by atoms with E-state index in [1.807, 2.05) is 0 Å². The van der Waals surface area contributed by atoms with Gasteiger partial charge in [0, 0.05) is 0 Å². The summed E-state index contributed by atoms with van der Waals surface area (Å²) in [5.41, 5.74) is 0. The number of rotatable bonds is 9. The van der Waals surface area contributed by atoms with Crippen molar-refractivity contribution in [1.82, 2.24) is 0 Å². The van der Waals surface area contributed by atoms with Crippen LogP contribution in [0.3, 0.4) is 0 Å². The van der Waals surface area contributed by atoms with Gasteiger partial charge in [-0.05, 0) is 12.8 Å². The number of ether oxygens (including phenoxy) is 4. The van der Waals surface area contributed by atoms with Gasteiger partial charge in [-0.2, -0.15) is 0 Å². The van der Waals surface area contributed by atoms with Crippen LogP contribution in [0.2, 0.25) is 0 Å². The van der Waals surface area contributed by atoms with Crippen LogP contribution >= 0.6 is 45.2 Å². The van der Waals surface area contributed by atoms with Gasteiger partial charge in [0.1, 0.15) is 0 Å². The number of halogens is 2. The van der Waals surface area contributed by atoms with Crippen molar-refractivity contribution in [3.8, 4) is 0 Å². The van der Waals surface area contributed by atoms with E-state index < -0.39 is 30.7 Å². The van der Waals surface area contributed by atoms with Crippen LogP contribution in [0.25, 0.3) is 0 Å². The van der Waals surface area contributed by atoms with Gasteiger partial charge in [0.25, 0.3) is 0 Å². The fourth-order valence-electron chi connectivity index (χ4n) is 1.96. The molecule has 0 aromatic heterocycles. The van der Waals surface area contributed by atoms with E-state index in [9.17, 15) is 19.2 Å². The zero-order valence-corrected chi connectivity index (χ0v) is 18.2. The van der Waals surface area contributed by atoms with Crippen LogP contribution in [0.1, 0.15) is 25.7 Å². The molecule has 0 rings (SSSR count). The predicted octanol–water partition coefficient (Wildman–Crippen LogP) is 1.59. The molecule has 0 saturated carbocycles. The fraction of sp³-hybridized carbons (Fsp3) is 0.714. The number of carbonyl (C=O) groups excluding carboxylic acids is 4. The lowest BCUT2D eigenvalue weighted by Gasteiger charge is -2.24.